The highest BCUT2D eigenvalue weighted by molar-refractivity contribution is 8.44. The molecule has 9 atom stereocenters. The fraction of sp³-hybridized carbons (Fsp3) is 0.500. The van der Waals surface area contributed by atoms with Gasteiger partial charge < -0.3 is 25.3 Å². The van der Waals surface area contributed by atoms with Crippen molar-refractivity contribution in [2.24, 2.45) is 17.6 Å². The molecular weight excluding hydrogens is 635 g/mol. The topological polar surface area (TPSA) is 206 Å². The normalized spacial score (nSPS) is 37.5. The Bertz CT molecular complexity index is 1620. The first-order chi connectivity index (χ1) is 19.9. The van der Waals surface area contributed by atoms with E-state index < -0.39 is 50.7 Å². The van der Waals surface area contributed by atoms with Gasteiger partial charge in [-0.3, -0.25) is 23.4 Å². The largest absolute Gasteiger partial charge is 0.386 e. The second-order valence-corrected chi connectivity index (χ2v) is 15.9. The number of nitrogens with zero attached hydrogens (tertiary/aromatic N) is 5. The third kappa shape index (κ3) is 5.84. The first-order valence-corrected chi connectivity index (χ1v) is 18.1. The van der Waals surface area contributed by atoms with E-state index >= 15 is 4.39 Å². The van der Waals surface area contributed by atoms with E-state index in [0.717, 1.165) is 5.56 Å². The molecule has 1 saturated carbocycles. The molecule has 0 radical (unpaired) electrons. The second-order valence-electron chi connectivity index (χ2n) is 10.1. The SMILES string of the molecule is NC(=O)c1cc([C@@H]2C[C@@H]3COP(=O)(S)O[C@H]4[C@H](F)[C@H](n5cnc6c(N)ncnc65)O[C@@H]4COP(=O)(S)OC[C@H]32)ccn1. The van der Waals surface area contributed by atoms with Crippen LogP contribution in [0.15, 0.2) is 31.0 Å². The Morgan fingerprint density at radius 2 is 1.83 bits per heavy atom. The number of nitrogen functional groups attached to an aromatic ring is 1. The number of alkyl halides is 1. The Kier molecular flexibility index (Phi) is 8.13. The lowest BCUT2D eigenvalue weighted by Crippen LogP contribution is -2.40. The number of aromatic nitrogens is 5. The summed E-state index contributed by atoms with van der Waals surface area (Å²) in [5, 5.41) is 0. The number of ether oxygens (including phenoxy) is 1. The van der Waals surface area contributed by atoms with Gasteiger partial charge >= 0.3 is 13.6 Å². The minimum atomic E-state index is -4.15. The van der Waals surface area contributed by atoms with Crippen molar-refractivity contribution in [1.29, 1.82) is 0 Å². The monoisotopic (exact) mass is 661 g/mol. The summed E-state index contributed by atoms with van der Waals surface area (Å²) in [5.74, 6) is -1.29. The van der Waals surface area contributed by atoms with Gasteiger partial charge in [0.05, 0.1) is 26.1 Å². The molecule has 3 aromatic heterocycles. The van der Waals surface area contributed by atoms with Gasteiger partial charge in [-0.2, -0.15) is 0 Å². The van der Waals surface area contributed by atoms with Crippen LogP contribution >= 0.6 is 38.1 Å². The van der Waals surface area contributed by atoms with Crippen molar-refractivity contribution in [3.63, 3.8) is 0 Å². The van der Waals surface area contributed by atoms with Crippen molar-refractivity contribution in [3.8, 4) is 0 Å². The molecule has 2 aliphatic heterocycles. The van der Waals surface area contributed by atoms with E-state index in [1.54, 1.807) is 12.1 Å². The van der Waals surface area contributed by atoms with Gasteiger partial charge in [0.15, 0.2) is 23.9 Å². The molecule has 1 amide bonds. The molecule has 226 valence electrons. The molecule has 0 aromatic carbocycles. The van der Waals surface area contributed by atoms with Gasteiger partial charge in [0.2, 0.25) is 0 Å². The number of halogens is 1. The zero-order chi connectivity index (χ0) is 29.8. The van der Waals surface area contributed by atoms with Crippen molar-refractivity contribution in [2.45, 2.75) is 36.9 Å². The van der Waals surface area contributed by atoms with E-state index in [1.807, 2.05) is 0 Å². The molecule has 3 fully saturated rings. The standard InChI is InChI=1S/C22H26FN7O8P2S2/c23-16-18-15(37-22(16)30-9-29-17-19(24)27-8-28-21(17)30)7-36-39(32,41)35-6-13-11(5-34-40(33,42)38-18)3-12(13)10-1-2-26-14(4-10)20(25)31/h1-2,4,8-9,11-13,15-16,18,22H,3,5-7H2,(H2,25,31)(H,32,41)(H,33,42)(H2,24,27,28)/t11-,12+,13-,15-,16+,18-,22-,39?,40?/m1/s1. The van der Waals surface area contributed by atoms with Crippen molar-refractivity contribution < 1.29 is 41.1 Å². The van der Waals surface area contributed by atoms with Crippen molar-refractivity contribution >= 4 is 61.0 Å². The zero-order valence-corrected chi connectivity index (χ0v) is 25.2. The number of imidazole rings is 1. The van der Waals surface area contributed by atoms with Gasteiger partial charge in [-0.25, -0.2) is 28.5 Å². The smallest absolute Gasteiger partial charge is 0.382 e. The minimum Gasteiger partial charge on any atom is -0.382 e. The molecule has 42 heavy (non-hydrogen) atoms. The third-order valence-electron chi connectivity index (χ3n) is 7.61. The van der Waals surface area contributed by atoms with Crippen LogP contribution in [-0.4, -0.2) is 68.6 Å². The molecule has 3 aliphatic rings. The number of fused-ring (bicyclic) bond motifs is 3. The number of primary amides is 1. The highest BCUT2D eigenvalue weighted by atomic mass is 32.7. The number of pyridine rings is 1. The molecule has 3 aromatic rings. The van der Waals surface area contributed by atoms with E-state index in [-0.39, 0.29) is 53.6 Å². The predicted molar refractivity (Wildman–Crippen MR) is 152 cm³/mol. The average molecular weight is 662 g/mol. The molecule has 1 aliphatic carbocycles. The van der Waals surface area contributed by atoms with E-state index in [0.29, 0.717) is 6.42 Å². The van der Waals surface area contributed by atoms with Crippen LogP contribution in [0.5, 0.6) is 0 Å². The fourth-order valence-corrected chi connectivity index (χ4v) is 8.14. The van der Waals surface area contributed by atoms with Crippen LogP contribution in [0.25, 0.3) is 11.2 Å². The van der Waals surface area contributed by atoms with Gasteiger partial charge in [-0.15, -0.1) is 0 Å². The van der Waals surface area contributed by atoms with Gasteiger partial charge in [-0.1, -0.05) is 24.5 Å². The number of amides is 1. The van der Waals surface area contributed by atoms with Crippen molar-refractivity contribution in [3.05, 3.63) is 42.2 Å². The van der Waals surface area contributed by atoms with Gasteiger partial charge in [-0.05, 0) is 41.9 Å². The van der Waals surface area contributed by atoms with E-state index in [9.17, 15) is 13.9 Å². The first-order valence-electron chi connectivity index (χ1n) is 12.7. The number of hydrogen-bond acceptors (Lipinski definition) is 13. The van der Waals surface area contributed by atoms with E-state index in [4.69, 9.17) is 34.3 Å². The Morgan fingerprint density at radius 3 is 2.62 bits per heavy atom. The summed E-state index contributed by atoms with van der Waals surface area (Å²) in [6, 6.07) is 3.31. The number of hydrogen-bond donors (Lipinski definition) is 4. The Balaban J connectivity index is 1.24. The highest BCUT2D eigenvalue weighted by Crippen LogP contribution is 2.61. The molecule has 15 nitrogen and oxygen atoms in total. The number of thiol groups is 2. The minimum absolute atomic E-state index is 0.0725. The third-order valence-corrected chi connectivity index (χ3v) is 10.9. The lowest BCUT2D eigenvalue weighted by molar-refractivity contribution is -0.0407. The van der Waals surface area contributed by atoms with E-state index in [2.05, 4.69) is 44.4 Å². The molecular formula is C22H26FN7O8P2S2. The van der Waals surface area contributed by atoms with Crippen molar-refractivity contribution in [2.75, 3.05) is 25.6 Å². The molecule has 20 heteroatoms. The number of nitrogens with two attached hydrogens (primary N) is 2. The maximum absolute atomic E-state index is 15.9. The summed E-state index contributed by atoms with van der Waals surface area (Å²) < 4.78 is 71.8. The zero-order valence-electron chi connectivity index (χ0n) is 21.6. The van der Waals surface area contributed by atoms with Crippen LogP contribution in [0, 0.1) is 11.8 Å². The molecule has 4 N–H and O–H groups in total. The molecule has 2 saturated heterocycles. The summed E-state index contributed by atoms with van der Waals surface area (Å²) in [6.07, 6.45) is -1.57. The summed E-state index contributed by atoms with van der Waals surface area (Å²) in [7, 11) is 0. The summed E-state index contributed by atoms with van der Waals surface area (Å²) >= 11 is 8.19. The number of anilines is 1. The lowest BCUT2D eigenvalue weighted by Gasteiger charge is -2.45. The van der Waals surface area contributed by atoms with Crippen molar-refractivity contribution in [1.82, 2.24) is 24.5 Å². The summed E-state index contributed by atoms with van der Waals surface area (Å²) in [6.45, 7) is -8.79. The molecule has 2 unspecified atom stereocenters. The fourth-order valence-electron chi connectivity index (χ4n) is 5.44. The maximum atomic E-state index is 15.9. The van der Waals surface area contributed by atoms with Crippen LogP contribution in [0.3, 0.4) is 0 Å². The average Bonchev–Trinajstić information content (AvgIpc) is 3.48. The van der Waals surface area contributed by atoms with Crippen LogP contribution in [0.2, 0.25) is 0 Å². The Hall–Kier alpha value is -2.14. The maximum Gasteiger partial charge on any atom is 0.386 e. The lowest BCUT2D eigenvalue weighted by atomic mass is 9.63. The van der Waals surface area contributed by atoms with Crippen LogP contribution in [0.4, 0.5) is 10.2 Å². The van der Waals surface area contributed by atoms with Crippen LogP contribution < -0.4 is 11.5 Å². The number of rotatable bonds is 3. The second kappa shape index (κ2) is 11.4. The predicted octanol–water partition coefficient (Wildman–Crippen LogP) is 3.08. The van der Waals surface area contributed by atoms with Crippen LogP contribution in [-0.2, 0) is 32.0 Å². The van der Waals surface area contributed by atoms with Gasteiger partial charge in [0.1, 0.15) is 29.7 Å². The van der Waals surface area contributed by atoms with E-state index in [1.165, 1.54) is 23.4 Å². The summed E-state index contributed by atoms with van der Waals surface area (Å²) in [5.41, 5.74) is 12.5. The molecule has 6 rings (SSSR count). The quantitative estimate of drug-likeness (QED) is 0.236. The number of carbonyl (C=O) groups is 1. The molecule has 5 heterocycles. The molecule has 0 bridgehead atoms. The van der Waals surface area contributed by atoms with Crippen LogP contribution in [0.1, 0.15) is 34.6 Å². The Labute approximate surface area is 248 Å². The molecule has 0 spiro atoms. The van der Waals surface area contributed by atoms with Gasteiger partial charge in [0.25, 0.3) is 5.91 Å². The first kappa shape index (κ1) is 29.9. The summed E-state index contributed by atoms with van der Waals surface area (Å²) in [4.78, 5) is 27.7. The Morgan fingerprint density at radius 1 is 1.07 bits per heavy atom. The van der Waals surface area contributed by atoms with Gasteiger partial charge in [0, 0.05) is 6.20 Å². The highest BCUT2D eigenvalue weighted by Gasteiger charge is 2.52. The number of carbonyl (C=O) groups excluding carboxylic acids is 1.